The summed E-state index contributed by atoms with van der Waals surface area (Å²) in [5, 5.41) is 8.75. The molecule has 1 N–H and O–H groups in total. The van der Waals surface area contributed by atoms with Gasteiger partial charge in [-0.2, -0.15) is 5.10 Å². The van der Waals surface area contributed by atoms with Crippen LogP contribution < -0.4 is 11.1 Å². The van der Waals surface area contributed by atoms with Gasteiger partial charge < -0.3 is 4.90 Å². The van der Waals surface area contributed by atoms with Gasteiger partial charge in [-0.3, -0.25) is 19.5 Å². The van der Waals surface area contributed by atoms with Gasteiger partial charge in [0.2, 0.25) is 5.91 Å². The number of benzene rings is 1. The first-order chi connectivity index (χ1) is 15.8. The van der Waals surface area contributed by atoms with Crippen LogP contribution in [0.2, 0.25) is 0 Å². The highest BCUT2D eigenvalue weighted by atomic mass is 16.2. The number of piperidine rings is 1. The van der Waals surface area contributed by atoms with Crippen molar-refractivity contribution in [2.75, 3.05) is 13.1 Å². The van der Waals surface area contributed by atoms with Crippen LogP contribution in [0, 0.1) is 13.8 Å². The number of aromatic amines is 1. The Hall–Kier alpha value is -3.75. The normalized spacial score (nSPS) is 17.5. The van der Waals surface area contributed by atoms with E-state index in [9.17, 15) is 14.4 Å². The fourth-order valence-corrected chi connectivity index (χ4v) is 4.63. The molecule has 9 heteroatoms. The Balaban J connectivity index is 1.41. The molecule has 0 bridgehead atoms. The molecule has 4 aromatic rings. The van der Waals surface area contributed by atoms with E-state index in [-0.39, 0.29) is 22.9 Å². The van der Waals surface area contributed by atoms with E-state index in [0.29, 0.717) is 35.4 Å². The molecule has 33 heavy (non-hydrogen) atoms. The van der Waals surface area contributed by atoms with Crippen molar-refractivity contribution in [3.8, 4) is 0 Å². The lowest BCUT2D eigenvalue weighted by Crippen LogP contribution is -2.44. The number of aromatic nitrogens is 5. The van der Waals surface area contributed by atoms with Crippen molar-refractivity contribution in [2.45, 2.75) is 45.6 Å². The van der Waals surface area contributed by atoms with Gasteiger partial charge in [0.25, 0.3) is 11.1 Å². The van der Waals surface area contributed by atoms with Crippen molar-refractivity contribution in [3.05, 3.63) is 74.2 Å². The largest absolute Gasteiger partial charge is 0.340 e. The van der Waals surface area contributed by atoms with Crippen LogP contribution in [0.4, 0.5) is 0 Å². The van der Waals surface area contributed by atoms with E-state index in [4.69, 9.17) is 0 Å². The quantitative estimate of drug-likeness (QED) is 0.520. The minimum absolute atomic E-state index is 0.0536. The van der Waals surface area contributed by atoms with Crippen molar-refractivity contribution < 1.29 is 4.79 Å². The number of nitrogens with zero attached hydrogens (tertiary/aromatic N) is 5. The van der Waals surface area contributed by atoms with Crippen LogP contribution in [-0.4, -0.2) is 48.3 Å². The van der Waals surface area contributed by atoms with Gasteiger partial charge in [0.15, 0.2) is 5.65 Å². The predicted octanol–water partition coefficient (Wildman–Crippen LogP) is 2.32. The predicted molar refractivity (Wildman–Crippen MR) is 125 cm³/mol. The van der Waals surface area contributed by atoms with Gasteiger partial charge in [0.05, 0.1) is 11.6 Å². The molecule has 0 aliphatic carbocycles. The Morgan fingerprint density at radius 2 is 1.97 bits per heavy atom. The molecule has 170 valence electrons. The van der Waals surface area contributed by atoms with Crippen LogP contribution in [0.3, 0.4) is 0 Å². The van der Waals surface area contributed by atoms with E-state index in [1.165, 1.54) is 9.20 Å². The van der Waals surface area contributed by atoms with E-state index in [2.05, 4.69) is 15.2 Å². The molecule has 1 amide bonds. The highest BCUT2D eigenvalue weighted by Crippen LogP contribution is 2.27. The Morgan fingerprint density at radius 1 is 1.18 bits per heavy atom. The highest BCUT2D eigenvalue weighted by Gasteiger charge is 2.30. The molecule has 1 aliphatic rings. The Kier molecular flexibility index (Phi) is 5.11. The molecule has 3 aromatic heterocycles. The van der Waals surface area contributed by atoms with Gasteiger partial charge in [0, 0.05) is 47.4 Å². The first-order valence-electron chi connectivity index (χ1n) is 11.2. The van der Waals surface area contributed by atoms with Gasteiger partial charge >= 0.3 is 0 Å². The number of likely N-dealkylation sites (tertiary alicyclic amines) is 1. The molecule has 0 spiro atoms. The number of hydrogen-bond donors (Lipinski definition) is 1. The fourth-order valence-electron chi connectivity index (χ4n) is 4.63. The zero-order valence-electron chi connectivity index (χ0n) is 18.9. The molecule has 1 aromatic carbocycles. The van der Waals surface area contributed by atoms with Gasteiger partial charge in [-0.25, -0.2) is 14.2 Å². The SMILES string of the molecule is Cc1nc2cc([C@H]3CCCN(C(=O)[C@H](C)n4ncc5ccccc5c4=O)C3)[nH]n2c(=O)c1C. The lowest BCUT2D eigenvalue weighted by molar-refractivity contribution is -0.135. The summed E-state index contributed by atoms with van der Waals surface area (Å²) in [5.41, 5.74) is 2.42. The minimum Gasteiger partial charge on any atom is -0.340 e. The summed E-state index contributed by atoms with van der Waals surface area (Å²) in [7, 11) is 0. The molecular weight excluding hydrogens is 420 g/mol. The third-order valence-corrected chi connectivity index (χ3v) is 6.72. The number of rotatable bonds is 3. The molecule has 4 heterocycles. The Bertz CT molecular complexity index is 1500. The van der Waals surface area contributed by atoms with Crippen LogP contribution in [0.15, 0.2) is 46.1 Å². The second kappa shape index (κ2) is 7.99. The van der Waals surface area contributed by atoms with E-state index in [1.807, 2.05) is 25.1 Å². The maximum atomic E-state index is 13.3. The fraction of sp³-hybridized carbons (Fsp3) is 0.375. The van der Waals surface area contributed by atoms with Crippen LogP contribution in [0.1, 0.15) is 48.7 Å². The molecule has 1 saturated heterocycles. The van der Waals surface area contributed by atoms with Crippen LogP contribution >= 0.6 is 0 Å². The van der Waals surface area contributed by atoms with Gasteiger partial charge in [-0.05, 0) is 39.7 Å². The summed E-state index contributed by atoms with van der Waals surface area (Å²) < 4.78 is 2.74. The molecule has 1 aliphatic heterocycles. The number of fused-ring (bicyclic) bond motifs is 2. The van der Waals surface area contributed by atoms with Crippen molar-refractivity contribution >= 4 is 22.3 Å². The number of carbonyl (C=O) groups excluding carboxylic acids is 1. The zero-order valence-corrected chi connectivity index (χ0v) is 18.9. The topological polar surface area (TPSA) is 105 Å². The minimum atomic E-state index is -0.710. The lowest BCUT2D eigenvalue weighted by atomic mass is 9.94. The van der Waals surface area contributed by atoms with Crippen LogP contribution in [-0.2, 0) is 4.79 Å². The number of aryl methyl sites for hydroxylation is 1. The molecule has 0 unspecified atom stereocenters. The summed E-state index contributed by atoms with van der Waals surface area (Å²) in [5.74, 6) is -0.0828. The molecule has 5 rings (SSSR count). The molecule has 2 atom stereocenters. The zero-order chi connectivity index (χ0) is 23.3. The van der Waals surface area contributed by atoms with Crippen LogP contribution in [0.5, 0.6) is 0 Å². The number of hydrogen-bond acceptors (Lipinski definition) is 5. The maximum Gasteiger partial charge on any atom is 0.275 e. The van der Waals surface area contributed by atoms with Gasteiger partial charge in [-0.1, -0.05) is 18.2 Å². The van der Waals surface area contributed by atoms with E-state index < -0.39 is 6.04 Å². The molecular formula is C24H26N6O3. The van der Waals surface area contributed by atoms with E-state index in [0.717, 1.165) is 23.9 Å². The average molecular weight is 447 g/mol. The Morgan fingerprint density at radius 3 is 2.79 bits per heavy atom. The first-order valence-corrected chi connectivity index (χ1v) is 11.2. The second-order valence-corrected chi connectivity index (χ2v) is 8.81. The smallest absolute Gasteiger partial charge is 0.275 e. The summed E-state index contributed by atoms with van der Waals surface area (Å²) in [6, 6.07) is 8.42. The van der Waals surface area contributed by atoms with Gasteiger partial charge in [-0.15, -0.1) is 0 Å². The molecule has 1 fully saturated rings. The Labute approximate surface area is 189 Å². The molecule has 0 radical (unpaired) electrons. The maximum absolute atomic E-state index is 13.3. The van der Waals surface area contributed by atoms with Crippen LogP contribution in [0.25, 0.3) is 16.4 Å². The average Bonchev–Trinajstić information content (AvgIpc) is 3.26. The summed E-state index contributed by atoms with van der Waals surface area (Å²) in [6.45, 7) is 6.44. The number of amides is 1. The second-order valence-electron chi connectivity index (χ2n) is 8.81. The third-order valence-electron chi connectivity index (χ3n) is 6.72. The summed E-state index contributed by atoms with van der Waals surface area (Å²) >= 11 is 0. The number of carbonyl (C=O) groups is 1. The summed E-state index contributed by atoms with van der Waals surface area (Å²) in [4.78, 5) is 45.1. The van der Waals surface area contributed by atoms with Crippen molar-refractivity contribution in [1.29, 1.82) is 0 Å². The third kappa shape index (κ3) is 3.53. The first kappa shape index (κ1) is 21.1. The van der Waals surface area contributed by atoms with Crippen molar-refractivity contribution in [1.82, 2.24) is 29.3 Å². The lowest BCUT2D eigenvalue weighted by Gasteiger charge is -2.34. The number of H-pyrrole nitrogens is 1. The van der Waals surface area contributed by atoms with E-state index in [1.54, 1.807) is 37.1 Å². The number of nitrogens with one attached hydrogen (secondary N) is 1. The monoisotopic (exact) mass is 446 g/mol. The standard InChI is InChI=1S/C24H26N6O3/c1-14-15(2)26-21-11-20(27-30(21)22(14)31)18-8-6-10-28(13-18)23(32)16(3)29-24(33)19-9-5-4-7-17(19)12-25-29/h4-5,7,9,11-12,16,18,27H,6,8,10,13H2,1-3H3/t16-,18-/m0/s1. The summed E-state index contributed by atoms with van der Waals surface area (Å²) in [6.07, 6.45) is 3.35. The van der Waals surface area contributed by atoms with E-state index >= 15 is 0 Å². The van der Waals surface area contributed by atoms with Gasteiger partial charge in [0.1, 0.15) is 6.04 Å². The molecule has 9 nitrogen and oxygen atoms in total. The molecule has 0 saturated carbocycles. The van der Waals surface area contributed by atoms with Crippen molar-refractivity contribution in [3.63, 3.8) is 0 Å². The van der Waals surface area contributed by atoms with Crippen molar-refractivity contribution in [2.24, 2.45) is 0 Å². The highest BCUT2D eigenvalue weighted by molar-refractivity contribution is 5.82.